The smallest absolute Gasteiger partial charge is 0.125 e. The zero-order valence-electron chi connectivity index (χ0n) is 10.3. The average molecular weight is 272 g/mol. The monoisotopic (exact) mass is 271 g/mol. The van der Waals surface area contributed by atoms with Crippen molar-refractivity contribution in [2.75, 3.05) is 0 Å². The van der Waals surface area contributed by atoms with Gasteiger partial charge in [-0.15, -0.1) is 0 Å². The Hall–Kier alpha value is -1.93. The second-order valence-electron chi connectivity index (χ2n) is 4.47. The van der Waals surface area contributed by atoms with Crippen molar-refractivity contribution in [3.8, 4) is 11.3 Å². The van der Waals surface area contributed by atoms with Gasteiger partial charge in [-0.05, 0) is 36.8 Å². The molecule has 0 radical (unpaired) electrons. The van der Waals surface area contributed by atoms with Crippen LogP contribution in [0.15, 0.2) is 48.5 Å². The van der Waals surface area contributed by atoms with E-state index in [4.69, 9.17) is 11.6 Å². The first-order valence-electron chi connectivity index (χ1n) is 5.97. The molecule has 3 rings (SSSR count). The number of hydrogen-bond acceptors (Lipinski definition) is 1. The molecule has 1 nitrogen and oxygen atoms in total. The van der Waals surface area contributed by atoms with Crippen LogP contribution in [-0.4, -0.2) is 4.98 Å². The summed E-state index contributed by atoms with van der Waals surface area (Å²) >= 11 is 6.20. The maximum Gasteiger partial charge on any atom is 0.125 e. The normalized spacial score (nSPS) is 10.9. The van der Waals surface area contributed by atoms with E-state index < -0.39 is 0 Å². The predicted octanol–water partition coefficient (Wildman–Crippen LogP) is 5.00. The Morgan fingerprint density at radius 2 is 1.84 bits per heavy atom. The molecule has 0 aliphatic rings. The van der Waals surface area contributed by atoms with Crippen molar-refractivity contribution in [1.29, 1.82) is 0 Å². The lowest BCUT2D eigenvalue weighted by Gasteiger charge is -2.09. The maximum atomic E-state index is 13.3. The molecule has 3 aromatic rings. The highest BCUT2D eigenvalue weighted by molar-refractivity contribution is 6.33. The largest absolute Gasteiger partial charge is 0.247 e. The van der Waals surface area contributed by atoms with Crippen LogP contribution in [0.5, 0.6) is 0 Å². The van der Waals surface area contributed by atoms with Crippen molar-refractivity contribution in [2.45, 2.75) is 6.92 Å². The van der Waals surface area contributed by atoms with Crippen LogP contribution in [0.4, 0.5) is 4.39 Å². The average Bonchev–Trinajstić information content (AvgIpc) is 2.39. The number of hydrogen-bond donors (Lipinski definition) is 0. The molecule has 0 amide bonds. The van der Waals surface area contributed by atoms with Gasteiger partial charge in [0.1, 0.15) is 5.82 Å². The molecule has 0 atom stereocenters. The van der Waals surface area contributed by atoms with Crippen LogP contribution in [0.25, 0.3) is 22.2 Å². The van der Waals surface area contributed by atoms with Gasteiger partial charge in [0.15, 0.2) is 0 Å². The summed E-state index contributed by atoms with van der Waals surface area (Å²) in [6.07, 6.45) is 0. The summed E-state index contributed by atoms with van der Waals surface area (Å²) in [5.41, 5.74) is 3.32. The van der Waals surface area contributed by atoms with Gasteiger partial charge in [0.2, 0.25) is 0 Å². The van der Waals surface area contributed by atoms with E-state index >= 15 is 0 Å². The van der Waals surface area contributed by atoms with Crippen molar-refractivity contribution in [3.05, 3.63) is 64.9 Å². The van der Waals surface area contributed by atoms with E-state index in [1.807, 2.05) is 37.3 Å². The van der Waals surface area contributed by atoms with Crippen LogP contribution in [0, 0.1) is 12.7 Å². The molecule has 3 heteroatoms. The molecule has 0 saturated carbocycles. The number of aryl methyl sites for hydroxylation is 1. The molecule has 19 heavy (non-hydrogen) atoms. The van der Waals surface area contributed by atoms with Crippen LogP contribution >= 0.6 is 11.6 Å². The molecule has 0 spiro atoms. The van der Waals surface area contributed by atoms with E-state index in [-0.39, 0.29) is 5.82 Å². The number of halogens is 2. The van der Waals surface area contributed by atoms with Crippen molar-refractivity contribution < 1.29 is 4.39 Å². The summed E-state index contributed by atoms with van der Waals surface area (Å²) < 4.78 is 13.3. The molecule has 1 heterocycles. The Labute approximate surface area is 115 Å². The summed E-state index contributed by atoms with van der Waals surface area (Å²) in [7, 11) is 0. The van der Waals surface area contributed by atoms with Gasteiger partial charge >= 0.3 is 0 Å². The molecule has 1 aromatic heterocycles. The van der Waals surface area contributed by atoms with E-state index in [0.29, 0.717) is 10.5 Å². The van der Waals surface area contributed by atoms with Crippen LogP contribution in [0.2, 0.25) is 5.02 Å². The number of nitrogens with zero attached hydrogens (tertiary/aromatic N) is 1. The Balaban J connectivity index is 2.30. The second-order valence-corrected chi connectivity index (χ2v) is 4.88. The van der Waals surface area contributed by atoms with Crippen molar-refractivity contribution in [2.24, 2.45) is 0 Å². The Kier molecular flexibility index (Phi) is 2.96. The molecule has 0 saturated heterocycles. The maximum absolute atomic E-state index is 13.3. The Morgan fingerprint density at radius 1 is 1.05 bits per heavy atom. The molecule has 0 bridgehead atoms. The van der Waals surface area contributed by atoms with Gasteiger partial charge in [0.25, 0.3) is 0 Å². The van der Waals surface area contributed by atoms with Gasteiger partial charge in [0, 0.05) is 22.0 Å². The fourth-order valence-electron chi connectivity index (χ4n) is 2.17. The molecule has 0 aliphatic heterocycles. The van der Waals surface area contributed by atoms with Gasteiger partial charge in [-0.3, -0.25) is 0 Å². The number of pyridine rings is 1. The van der Waals surface area contributed by atoms with Crippen LogP contribution in [-0.2, 0) is 0 Å². The molecule has 0 unspecified atom stereocenters. The Morgan fingerprint density at radius 3 is 2.63 bits per heavy atom. The number of fused-ring (bicyclic) bond motifs is 1. The minimum Gasteiger partial charge on any atom is -0.247 e. The van der Waals surface area contributed by atoms with E-state index in [1.54, 1.807) is 6.07 Å². The lowest BCUT2D eigenvalue weighted by molar-refractivity contribution is 0.629. The number of benzene rings is 2. The summed E-state index contributed by atoms with van der Waals surface area (Å²) in [6, 6.07) is 14.2. The highest BCUT2D eigenvalue weighted by Gasteiger charge is 2.09. The fourth-order valence-corrected chi connectivity index (χ4v) is 2.40. The minimum atomic E-state index is -0.283. The summed E-state index contributed by atoms with van der Waals surface area (Å²) in [5, 5.41) is 1.57. The van der Waals surface area contributed by atoms with Crippen LogP contribution < -0.4 is 0 Å². The SMILES string of the molecule is Cc1cc2ccc(F)cc2nc1-c1ccccc1Cl. The quantitative estimate of drug-likeness (QED) is 0.607. The third kappa shape index (κ3) is 2.20. The van der Waals surface area contributed by atoms with Crippen molar-refractivity contribution >= 4 is 22.5 Å². The van der Waals surface area contributed by atoms with Gasteiger partial charge < -0.3 is 0 Å². The number of rotatable bonds is 1. The molecule has 94 valence electrons. The van der Waals surface area contributed by atoms with Crippen molar-refractivity contribution in [3.63, 3.8) is 0 Å². The first-order valence-corrected chi connectivity index (χ1v) is 6.35. The van der Waals surface area contributed by atoms with Gasteiger partial charge in [0.05, 0.1) is 11.2 Å². The van der Waals surface area contributed by atoms with Crippen LogP contribution in [0.1, 0.15) is 5.56 Å². The van der Waals surface area contributed by atoms with E-state index in [9.17, 15) is 4.39 Å². The zero-order chi connectivity index (χ0) is 13.4. The molecular weight excluding hydrogens is 261 g/mol. The lowest BCUT2D eigenvalue weighted by atomic mass is 10.0. The van der Waals surface area contributed by atoms with Crippen molar-refractivity contribution in [1.82, 2.24) is 4.98 Å². The second kappa shape index (κ2) is 4.63. The highest BCUT2D eigenvalue weighted by Crippen LogP contribution is 2.30. The molecule has 2 aromatic carbocycles. The summed E-state index contributed by atoms with van der Waals surface area (Å²) in [5.74, 6) is -0.283. The number of aromatic nitrogens is 1. The molecular formula is C16H11ClFN. The Bertz CT molecular complexity index is 768. The summed E-state index contributed by atoms with van der Waals surface area (Å²) in [4.78, 5) is 4.54. The van der Waals surface area contributed by atoms with E-state index in [2.05, 4.69) is 4.98 Å². The molecule has 0 N–H and O–H groups in total. The topological polar surface area (TPSA) is 12.9 Å². The van der Waals surface area contributed by atoms with Gasteiger partial charge in [-0.25, -0.2) is 9.37 Å². The van der Waals surface area contributed by atoms with E-state index in [1.165, 1.54) is 12.1 Å². The van der Waals surface area contributed by atoms with Gasteiger partial charge in [-0.2, -0.15) is 0 Å². The highest BCUT2D eigenvalue weighted by atomic mass is 35.5. The van der Waals surface area contributed by atoms with E-state index in [0.717, 1.165) is 22.2 Å². The first-order chi connectivity index (χ1) is 9.15. The first kappa shape index (κ1) is 12.1. The molecule has 0 fully saturated rings. The van der Waals surface area contributed by atoms with Gasteiger partial charge in [-0.1, -0.05) is 29.8 Å². The summed E-state index contributed by atoms with van der Waals surface area (Å²) in [6.45, 7) is 1.98. The third-order valence-corrected chi connectivity index (χ3v) is 3.43. The third-order valence-electron chi connectivity index (χ3n) is 3.10. The lowest BCUT2D eigenvalue weighted by Crippen LogP contribution is -1.91. The van der Waals surface area contributed by atoms with Crippen LogP contribution in [0.3, 0.4) is 0 Å². The minimum absolute atomic E-state index is 0.283. The fraction of sp³-hybridized carbons (Fsp3) is 0.0625. The standard InChI is InChI=1S/C16H11ClFN/c1-10-8-11-6-7-12(18)9-15(11)19-16(10)13-4-2-3-5-14(13)17/h2-9H,1H3. The molecule has 0 aliphatic carbocycles. The zero-order valence-corrected chi connectivity index (χ0v) is 11.1. The predicted molar refractivity (Wildman–Crippen MR) is 76.9 cm³/mol.